The Kier molecular flexibility index (Phi) is 6.54. The number of pyridine rings is 2. The van der Waals surface area contributed by atoms with Crippen molar-refractivity contribution in [2.75, 3.05) is 39.3 Å². The first-order valence-electron chi connectivity index (χ1n) is 9.49. The van der Waals surface area contributed by atoms with Crippen molar-refractivity contribution >= 4 is 0 Å². The number of nitrogens with zero attached hydrogens (tertiary/aromatic N) is 4. The molecule has 1 saturated heterocycles. The third-order valence-electron chi connectivity index (χ3n) is 4.94. The summed E-state index contributed by atoms with van der Waals surface area (Å²) in [5, 5.41) is 0. The van der Waals surface area contributed by atoms with Crippen molar-refractivity contribution in [1.82, 2.24) is 19.8 Å². The van der Waals surface area contributed by atoms with Crippen molar-refractivity contribution in [3.05, 3.63) is 59.2 Å². The second kappa shape index (κ2) is 9.07. The van der Waals surface area contributed by atoms with Crippen LogP contribution in [0.15, 0.2) is 36.4 Å². The molecule has 0 radical (unpaired) electrons. The van der Waals surface area contributed by atoms with E-state index in [0.29, 0.717) is 0 Å². The van der Waals surface area contributed by atoms with Gasteiger partial charge in [0, 0.05) is 61.8 Å². The molecule has 0 aromatic carbocycles. The van der Waals surface area contributed by atoms with Crippen molar-refractivity contribution in [2.45, 2.75) is 33.1 Å². The maximum absolute atomic E-state index is 4.62. The fourth-order valence-electron chi connectivity index (χ4n) is 3.49. The van der Waals surface area contributed by atoms with Crippen LogP contribution in [0.2, 0.25) is 0 Å². The highest BCUT2D eigenvalue weighted by Gasteiger charge is 2.15. The summed E-state index contributed by atoms with van der Waals surface area (Å²) >= 11 is 0. The van der Waals surface area contributed by atoms with E-state index >= 15 is 0 Å². The van der Waals surface area contributed by atoms with E-state index in [9.17, 15) is 0 Å². The van der Waals surface area contributed by atoms with E-state index < -0.39 is 0 Å². The van der Waals surface area contributed by atoms with Crippen LogP contribution in [0, 0.1) is 13.8 Å². The summed E-state index contributed by atoms with van der Waals surface area (Å²) in [5.74, 6) is 0. The molecule has 2 aromatic heterocycles. The lowest BCUT2D eigenvalue weighted by atomic mass is 10.2. The minimum absolute atomic E-state index is 1.05. The first kappa shape index (κ1) is 18.0. The Labute approximate surface area is 151 Å². The SMILES string of the molecule is Cc1cccc(CCN2CCCN(CCc3cccc(C)n3)CC2)n1. The first-order valence-corrected chi connectivity index (χ1v) is 9.49. The summed E-state index contributed by atoms with van der Waals surface area (Å²) in [4.78, 5) is 14.4. The quantitative estimate of drug-likeness (QED) is 0.811. The van der Waals surface area contributed by atoms with Crippen LogP contribution in [0.3, 0.4) is 0 Å². The van der Waals surface area contributed by atoms with Gasteiger partial charge in [-0.25, -0.2) is 0 Å². The normalized spacial score (nSPS) is 16.7. The van der Waals surface area contributed by atoms with Gasteiger partial charge in [0.25, 0.3) is 0 Å². The van der Waals surface area contributed by atoms with Crippen LogP contribution < -0.4 is 0 Å². The van der Waals surface area contributed by atoms with Gasteiger partial charge in [-0.05, 0) is 57.6 Å². The van der Waals surface area contributed by atoms with Gasteiger partial charge in [-0.2, -0.15) is 0 Å². The van der Waals surface area contributed by atoms with Gasteiger partial charge in [0.1, 0.15) is 0 Å². The van der Waals surface area contributed by atoms with Crippen LogP contribution >= 0.6 is 0 Å². The fourth-order valence-corrected chi connectivity index (χ4v) is 3.49. The highest BCUT2D eigenvalue weighted by atomic mass is 15.2. The molecule has 4 nitrogen and oxygen atoms in total. The summed E-state index contributed by atoms with van der Waals surface area (Å²) < 4.78 is 0. The highest BCUT2D eigenvalue weighted by molar-refractivity contribution is 5.11. The summed E-state index contributed by atoms with van der Waals surface area (Å²) in [6, 6.07) is 12.6. The van der Waals surface area contributed by atoms with E-state index in [1.165, 1.54) is 30.9 Å². The number of aryl methyl sites for hydroxylation is 2. The molecule has 2 aromatic rings. The second-order valence-corrected chi connectivity index (χ2v) is 7.08. The standard InChI is InChI=1S/C21H30N4/c1-18-6-3-8-20(22-18)10-14-24-12-5-13-25(17-16-24)15-11-21-9-4-7-19(2)23-21/h3-4,6-9H,5,10-17H2,1-2H3. The largest absolute Gasteiger partial charge is 0.302 e. The molecule has 0 amide bonds. The van der Waals surface area contributed by atoms with Gasteiger partial charge in [0.05, 0.1) is 0 Å². The van der Waals surface area contributed by atoms with Gasteiger partial charge >= 0.3 is 0 Å². The number of rotatable bonds is 6. The molecule has 3 rings (SSSR count). The Balaban J connectivity index is 1.42. The van der Waals surface area contributed by atoms with Gasteiger partial charge in [-0.3, -0.25) is 9.97 Å². The summed E-state index contributed by atoms with van der Waals surface area (Å²) in [6.45, 7) is 11.1. The van der Waals surface area contributed by atoms with Gasteiger partial charge in [-0.1, -0.05) is 12.1 Å². The minimum Gasteiger partial charge on any atom is -0.302 e. The van der Waals surface area contributed by atoms with Gasteiger partial charge in [0.15, 0.2) is 0 Å². The van der Waals surface area contributed by atoms with E-state index in [0.717, 1.165) is 50.4 Å². The van der Waals surface area contributed by atoms with Crippen LogP contribution in [-0.2, 0) is 12.8 Å². The molecule has 25 heavy (non-hydrogen) atoms. The maximum Gasteiger partial charge on any atom is 0.0419 e. The molecule has 1 aliphatic rings. The van der Waals surface area contributed by atoms with Crippen molar-refractivity contribution in [3.63, 3.8) is 0 Å². The summed E-state index contributed by atoms with van der Waals surface area (Å²) in [6.07, 6.45) is 3.35. The molecule has 1 fully saturated rings. The van der Waals surface area contributed by atoms with E-state index in [-0.39, 0.29) is 0 Å². The Morgan fingerprint density at radius 2 is 1.20 bits per heavy atom. The Bertz CT molecular complexity index is 613. The number of aromatic nitrogens is 2. The third kappa shape index (κ3) is 5.91. The molecule has 134 valence electrons. The lowest BCUT2D eigenvalue weighted by Crippen LogP contribution is -2.33. The van der Waals surface area contributed by atoms with Crippen molar-refractivity contribution in [1.29, 1.82) is 0 Å². The average molecular weight is 338 g/mol. The molecule has 0 aliphatic carbocycles. The highest BCUT2D eigenvalue weighted by Crippen LogP contribution is 2.07. The van der Waals surface area contributed by atoms with Gasteiger partial charge in [-0.15, -0.1) is 0 Å². The Morgan fingerprint density at radius 3 is 1.64 bits per heavy atom. The van der Waals surface area contributed by atoms with Crippen LogP contribution in [0.4, 0.5) is 0 Å². The minimum atomic E-state index is 1.05. The molecule has 1 aliphatic heterocycles. The first-order chi connectivity index (χ1) is 12.2. The maximum atomic E-state index is 4.62. The van der Waals surface area contributed by atoms with Crippen molar-refractivity contribution < 1.29 is 0 Å². The number of hydrogen-bond donors (Lipinski definition) is 0. The van der Waals surface area contributed by atoms with Crippen molar-refractivity contribution in [3.8, 4) is 0 Å². The molecule has 0 spiro atoms. The molecule has 4 heteroatoms. The molecular weight excluding hydrogens is 308 g/mol. The lowest BCUT2D eigenvalue weighted by Gasteiger charge is -2.21. The predicted octanol–water partition coefficient (Wildman–Crippen LogP) is 2.89. The molecule has 0 atom stereocenters. The van der Waals surface area contributed by atoms with E-state index in [2.05, 4.69) is 70.0 Å². The smallest absolute Gasteiger partial charge is 0.0419 e. The van der Waals surface area contributed by atoms with Gasteiger partial charge in [0.2, 0.25) is 0 Å². The Morgan fingerprint density at radius 1 is 0.720 bits per heavy atom. The van der Waals surface area contributed by atoms with Crippen LogP contribution in [-0.4, -0.2) is 59.0 Å². The van der Waals surface area contributed by atoms with Crippen molar-refractivity contribution in [2.24, 2.45) is 0 Å². The van der Waals surface area contributed by atoms with E-state index in [1.54, 1.807) is 0 Å². The zero-order valence-corrected chi connectivity index (χ0v) is 15.6. The van der Waals surface area contributed by atoms with Gasteiger partial charge < -0.3 is 9.80 Å². The molecule has 0 N–H and O–H groups in total. The topological polar surface area (TPSA) is 32.3 Å². The third-order valence-corrected chi connectivity index (χ3v) is 4.94. The Hall–Kier alpha value is -1.78. The number of hydrogen-bond acceptors (Lipinski definition) is 4. The molecule has 0 saturated carbocycles. The molecule has 0 bridgehead atoms. The van der Waals surface area contributed by atoms with E-state index in [1.807, 2.05) is 0 Å². The summed E-state index contributed by atoms with van der Waals surface area (Å²) in [7, 11) is 0. The van der Waals surface area contributed by atoms with Crippen LogP contribution in [0.1, 0.15) is 29.2 Å². The molecule has 3 heterocycles. The predicted molar refractivity (Wildman–Crippen MR) is 103 cm³/mol. The molecule has 0 unspecified atom stereocenters. The second-order valence-electron chi connectivity index (χ2n) is 7.08. The zero-order valence-electron chi connectivity index (χ0n) is 15.6. The fraction of sp³-hybridized carbons (Fsp3) is 0.524. The van der Waals surface area contributed by atoms with Crippen LogP contribution in [0.5, 0.6) is 0 Å². The average Bonchev–Trinajstić information content (AvgIpc) is 2.84. The lowest BCUT2D eigenvalue weighted by molar-refractivity contribution is 0.259. The zero-order chi connectivity index (χ0) is 17.5. The summed E-state index contributed by atoms with van der Waals surface area (Å²) in [5.41, 5.74) is 4.66. The van der Waals surface area contributed by atoms with E-state index in [4.69, 9.17) is 0 Å². The monoisotopic (exact) mass is 338 g/mol. The molecular formula is C21H30N4. The van der Waals surface area contributed by atoms with Crippen LogP contribution in [0.25, 0.3) is 0 Å².